The quantitative estimate of drug-likeness (QED) is 0.819. The van der Waals surface area contributed by atoms with Gasteiger partial charge < -0.3 is 9.47 Å². The molecule has 1 unspecified atom stereocenters. The fourth-order valence-corrected chi connectivity index (χ4v) is 3.08. The summed E-state index contributed by atoms with van der Waals surface area (Å²) >= 11 is 0. The molecule has 3 heterocycles. The Labute approximate surface area is 136 Å². The number of pyridine rings is 1. The van der Waals surface area contributed by atoms with Crippen molar-refractivity contribution in [2.24, 2.45) is 7.05 Å². The third-order valence-electron chi connectivity index (χ3n) is 4.47. The molecule has 0 radical (unpaired) electrons. The number of carbonyl (C=O) groups excluding carboxylic acids is 1. The van der Waals surface area contributed by atoms with Gasteiger partial charge in [-0.05, 0) is 38.8 Å². The first-order valence-corrected chi connectivity index (χ1v) is 7.91. The fraction of sp³-hybridized carbons (Fsp3) is 0.389. The first kappa shape index (κ1) is 15.5. The molecule has 3 rings (SSSR count). The van der Waals surface area contributed by atoms with Crippen LogP contribution in [0.2, 0.25) is 0 Å². The van der Waals surface area contributed by atoms with E-state index in [0.717, 1.165) is 42.3 Å². The van der Waals surface area contributed by atoms with E-state index in [-0.39, 0.29) is 11.9 Å². The largest absolute Gasteiger partial charge is 0.330 e. The van der Waals surface area contributed by atoms with E-state index in [1.54, 1.807) is 6.92 Å². The molecule has 1 fully saturated rings. The van der Waals surface area contributed by atoms with Crippen LogP contribution in [0, 0.1) is 6.92 Å². The van der Waals surface area contributed by atoms with Crippen molar-refractivity contribution in [2.45, 2.75) is 32.7 Å². The first-order valence-electron chi connectivity index (χ1n) is 7.91. The van der Waals surface area contributed by atoms with Gasteiger partial charge in [-0.3, -0.25) is 4.79 Å². The number of likely N-dealkylation sites (tertiary alicyclic amines) is 1. The van der Waals surface area contributed by atoms with Gasteiger partial charge in [-0.1, -0.05) is 12.6 Å². The zero-order chi connectivity index (χ0) is 16.6. The second-order valence-electron chi connectivity index (χ2n) is 6.13. The van der Waals surface area contributed by atoms with Crippen molar-refractivity contribution in [3.05, 3.63) is 48.1 Å². The van der Waals surface area contributed by atoms with E-state index in [1.807, 2.05) is 47.8 Å². The van der Waals surface area contributed by atoms with E-state index in [0.29, 0.717) is 5.57 Å². The lowest BCUT2D eigenvalue weighted by Crippen LogP contribution is -2.31. The molecule has 1 saturated heterocycles. The molecule has 0 N–H and O–H groups in total. The summed E-state index contributed by atoms with van der Waals surface area (Å²) in [5.74, 6) is 0.975. The van der Waals surface area contributed by atoms with E-state index < -0.39 is 0 Å². The number of aryl methyl sites for hydroxylation is 1. The van der Waals surface area contributed by atoms with Crippen molar-refractivity contribution in [2.75, 3.05) is 6.54 Å². The standard InChI is InChI=1S/C18H22N4O/c1-12(2)18(23)22-10-6-9-16(22)14-7-5-8-15(20-14)17-11-19-13(3)21(17)4/h5,7-8,11,16H,1,6,9-10H2,2-4H3. The Morgan fingerprint density at radius 2 is 2.17 bits per heavy atom. The predicted octanol–water partition coefficient (Wildman–Crippen LogP) is 3.03. The highest BCUT2D eigenvalue weighted by molar-refractivity contribution is 5.92. The molecule has 23 heavy (non-hydrogen) atoms. The van der Waals surface area contributed by atoms with Crippen LogP contribution in [0.3, 0.4) is 0 Å². The van der Waals surface area contributed by atoms with E-state index in [1.165, 1.54) is 0 Å². The van der Waals surface area contributed by atoms with E-state index >= 15 is 0 Å². The molecule has 5 heteroatoms. The molecule has 0 spiro atoms. The van der Waals surface area contributed by atoms with Crippen LogP contribution in [-0.4, -0.2) is 31.9 Å². The van der Waals surface area contributed by atoms with Crippen LogP contribution < -0.4 is 0 Å². The molecule has 1 amide bonds. The molecule has 0 aliphatic carbocycles. The van der Waals surface area contributed by atoms with Crippen molar-refractivity contribution < 1.29 is 4.79 Å². The molecule has 1 aliphatic heterocycles. The Hall–Kier alpha value is -2.43. The number of hydrogen-bond donors (Lipinski definition) is 0. The second-order valence-corrected chi connectivity index (χ2v) is 6.13. The highest BCUT2D eigenvalue weighted by Gasteiger charge is 2.31. The van der Waals surface area contributed by atoms with Crippen LogP contribution in [0.1, 0.15) is 37.3 Å². The van der Waals surface area contributed by atoms with Crippen molar-refractivity contribution in [3.63, 3.8) is 0 Å². The molecule has 120 valence electrons. The molecular weight excluding hydrogens is 288 g/mol. The highest BCUT2D eigenvalue weighted by Crippen LogP contribution is 2.32. The summed E-state index contributed by atoms with van der Waals surface area (Å²) in [5, 5.41) is 0. The smallest absolute Gasteiger partial charge is 0.249 e. The lowest BCUT2D eigenvalue weighted by molar-refractivity contribution is -0.128. The van der Waals surface area contributed by atoms with Crippen molar-refractivity contribution in [3.8, 4) is 11.4 Å². The number of aromatic nitrogens is 3. The minimum absolute atomic E-state index is 0.0241. The number of nitrogens with zero attached hydrogens (tertiary/aromatic N) is 4. The van der Waals surface area contributed by atoms with Gasteiger partial charge in [0.2, 0.25) is 5.91 Å². The average Bonchev–Trinajstić information content (AvgIpc) is 3.15. The molecule has 0 aromatic carbocycles. The van der Waals surface area contributed by atoms with Crippen LogP contribution in [0.5, 0.6) is 0 Å². The van der Waals surface area contributed by atoms with Gasteiger partial charge in [0, 0.05) is 19.2 Å². The summed E-state index contributed by atoms with van der Waals surface area (Å²) in [4.78, 5) is 23.4. The van der Waals surface area contributed by atoms with Crippen LogP contribution in [0.25, 0.3) is 11.4 Å². The molecule has 1 aliphatic rings. The molecule has 1 atom stereocenters. The minimum atomic E-state index is 0.0241. The Morgan fingerprint density at radius 1 is 1.39 bits per heavy atom. The molecule has 0 saturated carbocycles. The normalized spacial score (nSPS) is 17.5. The van der Waals surface area contributed by atoms with Crippen molar-refractivity contribution in [1.82, 2.24) is 19.4 Å². The average molecular weight is 310 g/mol. The molecule has 5 nitrogen and oxygen atoms in total. The van der Waals surface area contributed by atoms with Crippen LogP contribution in [-0.2, 0) is 11.8 Å². The number of rotatable bonds is 3. The molecule has 2 aromatic rings. The summed E-state index contributed by atoms with van der Waals surface area (Å²) in [6, 6.07) is 6.02. The van der Waals surface area contributed by atoms with Crippen LogP contribution in [0.15, 0.2) is 36.5 Å². The Bertz CT molecular complexity index is 762. The van der Waals surface area contributed by atoms with Gasteiger partial charge in [0.1, 0.15) is 5.82 Å². The highest BCUT2D eigenvalue weighted by atomic mass is 16.2. The van der Waals surface area contributed by atoms with E-state index in [9.17, 15) is 4.79 Å². The number of imidazole rings is 1. The van der Waals surface area contributed by atoms with Gasteiger partial charge in [-0.2, -0.15) is 0 Å². The third kappa shape index (κ3) is 2.79. The maximum absolute atomic E-state index is 12.3. The Morgan fingerprint density at radius 3 is 2.83 bits per heavy atom. The number of hydrogen-bond acceptors (Lipinski definition) is 3. The van der Waals surface area contributed by atoms with E-state index in [2.05, 4.69) is 11.6 Å². The van der Waals surface area contributed by atoms with Gasteiger partial charge in [0.25, 0.3) is 0 Å². The van der Waals surface area contributed by atoms with Gasteiger partial charge >= 0.3 is 0 Å². The molecule has 0 bridgehead atoms. The van der Waals surface area contributed by atoms with Gasteiger partial charge in [0.05, 0.1) is 29.3 Å². The maximum atomic E-state index is 12.3. The minimum Gasteiger partial charge on any atom is -0.330 e. The summed E-state index contributed by atoms with van der Waals surface area (Å²) in [6.45, 7) is 8.29. The SMILES string of the molecule is C=C(C)C(=O)N1CCCC1c1cccc(-c2cnc(C)n2C)n1. The first-order chi connectivity index (χ1) is 11.0. The van der Waals surface area contributed by atoms with Crippen LogP contribution in [0.4, 0.5) is 0 Å². The molecular formula is C18H22N4O. The fourth-order valence-electron chi connectivity index (χ4n) is 3.08. The van der Waals surface area contributed by atoms with Crippen molar-refractivity contribution in [1.29, 1.82) is 0 Å². The van der Waals surface area contributed by atoms with Crippen LogP contribution >= 0.6 is 0 Å². The number of amides is 1. The maximum Gasteiger partial charge on any atom is 0.249 e. The predicted molar refractivity (Wildman–Crippen MR) is 89.7 cm³/mol. The van der Waals surface area contributed by atoms with E-state index in [4.69, 9.17) is 4.98 Å². The Balaban J connectivity index is 1.95. The summed E-state index contributed by atoms with van der Waals surface area (Å²) in [7, 11) is 1.98. The van der Waals surface area contributed by atoms with Crippen molar-refractivity contribution >= 4 is 5.91 Å². The van der Waals surface area contributed by atoms with Gasteiger partial charge in [-0.25, -0.2) is 9.97 Å². The van der Waals surface area contributed by atoms with Gasteiger partial charge in [0.15, 0.2) is 0 Å². The summed E-state index contributed by atoms with van der Waals surface area (Å²) < 4.78 is 2.03. The lowest BCUT2D eigenvalue weighted by Gasteiger charge is -2.24. The Kier molecular flexibility index (Phi) is 4.03. The lowest BCUT2D eigenvalue weighted by atomic mass is 10.1. The zero-order valence-electron chi connectivity index (χ0n) is 13.9. The summed E-state index contributed by atoms with van der Waals surface area (Å²) in [6.07, 6.45) is 3.78. The van der Waals surface area contributed by atoms with Gasteiger partial charge in [-0.15, -0.1) is 0 Å². The third-order valence-corrected chi connectivity index (χ3v) is 4.47. The summed E-state index contributed by atoms with van der Waals surface area (Å²) in [5.41, 5.74) is 3.39. The molecule has 2 aromatic heterocycles. The number of carbonyl (C=O) groups is 1. The second kappa shape index (κ2) is 5.99. The zero-order valence-corrected chi connectivity index (χ0v) is 13.9. The topological polar surface area (TPSA) is 51.0 Å². The monoisotopic (exact) mass is 310 g/mol.